The first kappa shape index (κ1) is 13.6. The van der Waals surface area contributed by atoms with Gasteiger partial charge in [-0.25, -0.2) is 0 Å². The van der Waals surface area contributed by atoms with E-state index >= 15 is 0 Å². The van der Waals surface area contributed by atoms with Crippen molar-refractivity contribution in [3.8, 4) is 5.75 Å². The van der Waals surface area contributed by atoms with E-state index in [0.29, 0.717) is 6.61 Å². The number of ether oxygens (including phenoxy) is 1. The van der Waals surface area contributed by atoms with Crippen molar-refractivity contribution in [2.24, 2.45) is 0 Å². The Balaban J connectivity index is 1.91. The van der Waals surface area contributed by atoms with Gasteiger partial charge in [-0.1, -0.05) is 22.0 Å². The summed E-state index contributed by atoms with van der Waals surface area (Å²) in [5, 5.41) is 0.850. The first-order chi connectivity index (χ1) is 8.79. The van der Waals surface area contributed by atoms with Crippen molar-refractivity contribution in [1.82, 2.24) is 4.98 Å². The monoisotopic (exact) mass is 369 g/mol. The van der Waals surface area contributed by atoms with Crippen molar-refractivity contribution in [3.63, 3.8) is 0 Å². The normalized spacial score (nSPS) is 10.3. The fourth-order valence-electron chi connectivity index (χ4n) is 1.57. The third-order valence-electron chi connectivity index (χ3n) is 2.55. The molecule has 0 unspecified atom stereocenters. The van der Waals surface area contributed by atoms with E-state index in [1.165, 1.54) is 11.1 Å². The SMILES string of the molecule is BrCc1ccc(OCCc2ccncc2)c(Br)c1. The number of benzene rings is 1. The lowest BCUT2D eigenvalue weighted by Crippen LogP contribution is -2.02. The maximum absolute atomic E-state index is 5.76. The van der Waals surface area contributed by atoms with Crippen LogP contribution in [0.15, 0.2) is 47.2 Å². The Labute approximate surface area is 124 Å². The topological polar surface area (TPSA) is 22.1 Å². The zero-order chi connectivity index (χ0) is 12.8. The van der Waals surface area contributed by atoms with Gasteiger partial charge in [-0.2, -0.15) is 0 Å². The van der Waals surface area contributed by atoms with Crippen molar-refractivity contribution in [1.29, 1.82) is 0 Å². The van der Waals surface area contributed by atoms with Crippen LogP contribution in [0, 0.1) is 0 Å². The number of halogens is 2. The minimum atomic E-state index is 0.663. The molecule has 2 rings (SSSR count). The molecule has 4 heteroatoms. The molecule has 18 heavy (non-hydrogen) atoms. The van der Waals surface area contributed by atoms with E-state index in [2.05, 4.69) is 49.0 Å². The second-order valence-electron chi connectivity index (χ2n) is 3.85. The summed E-state index contributed by atoms with van der Waals surface area (Å²) in [6.07, 6.45) is 4.49. The van der Waals surface area contributed by atoms with Gasteiger partial charge in [0, 0.05) is 24.1 Å². The number of aromatic nitrogens is 1. The molecule has 0 aliphatic heterocycles. The quantitative estimate of drug-likeness (QED) is 0.729. The molecule has 0 saturated carbocycles. The van der Waals surface area contributed by atoms with Crippen LogP contribution < -0.4 is 4.74 Å². The molecule has 2 nitrogen and oxygen atoms in total. The number of hydrogen-bond acceptors (Lipinski definition) is 2. The summed E-state index contributed by atoms with van der Waals surface area (Å²) in [6, 6.07) is 10.1. The summed E-state index contributed by atoms with van der Waals surface area (Å²) in [4.78, 5) is 3.99. The summed E-state index contributed by atoms with van der Waals surface area (Å²) in [5.41, 5.74) is 2.46. The third-order valence-corrected chi connectivity index (χ3v) is 3.82. The largest absolute Gasteiger partial charge is 0.492 e. The molecule has 0 atom stereocenters. The van der Waals surface area contributed by atoms with Gasteiger partial charge in [0.2, 0.25) is 0 Å². The average molecular weight is 371 g/mol. The van der Waals surface area contributed by atoms with Crippen molar-refractivity contribution >= 4 is 31.9 Å². The first-order valence-corrected chi connectivity index (χ1v) is 7.57. The van der Waals surface area contributed by atoms with Crippen LogP contribution in [-0.4, -0.2) is 11.6 Å². The highest BCUT2D eigenvalue weighted by molar-refractivity contribution is 9.10. The van der Waals surface area contributed by atoms with Crippen LogP contribution in [0.2, 0.25) is 0 Å². The van der Waals surface area contributed by atoms with Crippen LogP contribution in [0.5, 0.6) is 5.75 Å². The third kappa shape index (κ3) is 3.82. The highest BCUT2D eigenvalue weighted by Crippen LogP contribution is 2.26. The zero-order valence-corrected chi connectivity index (χ0v) is 12.9. The standard InChI is InChI=1S/C14H13Br2NO/c15-10-12-1-2-14(13(16)9-12)18-8-5-11-3-6-17-7-4-11/h1-4,6-7,9H,5,8,10H2. The van der Waals surface area contributed by atoms with Crippen LogP contribution in [0.3, 0.4) is 0 Å². The second kappa shape index (κ2) is 6.90. The van der Waals surface area contributed by atoms with Gasteiger partial charge in [-0.05, 0) is 51.3 Å². The lowest BCUT2D eigenvalue weighted by atomic mass is 10.2. The van der Waals surface area contributed by atoms with Gasteiger partial charge in [0.05, 0.1) is 11.1 Å². The summed E-state index contributed by atoms with van der Waals surface area (Å²) in [6.45, 7) is 0.663. The fraction of sp³-hybridized carbons (Fsp3) is 0.214. The highest BCUT2D eigenvalue weighted by atomic mass is 79.9. The Morgan fingerprint density at radius 1 is 1.06 bits per heavy atom. The van der Waals surface area contributed by atoms with E-state index < -0.39 is 0 Å². The molecular weight excluding hydrogens is 358 g/mol. The summed E-state index contributed by atoms with van der Waals surface area (Å²) in [5.74, 6) is 0.883. The molecule has 0 radical (unpaired) electrons. The predicted molar refractivity (Wildman–Crippen MR) is 80.2 cm³/mol. The Morgan fingerprint density at radius 3 is 2.50 bits per heavy atom. The van der Waals surface area contributed by atoms with E-state index in [1.807, 2.05) is 18.2 Å². The molecular formula is C14H13Br2NO. The maximum atomic E-state index is 5.76. The molecule has 0 saturated heterocycles. The Bertz CT molecular complexity index is 502. The van der Waals surface area contributed by atoms with Gasteiger partial charge in [0.15, 0.2) is 0 Å². The molecule has 1 aromatic carbocycles. The lowest BCUT2D eigenvalue weighted by Gasteiger charge is -2.09. The Kier molecular flexibility index (Phi) is 5.20. The number of pyridine rings is 1. The van der Waals surface area contributed by atoms with Crippen molar-refractivity contribution in [2.45, 2.75) is 11.8 Å². The predicted octanol–water partition coefficient (Wildman–Crippen LogP) is 4.36. The van der Waals surface area contributed by atoms with Gasteiger partial charge in [0.1, 0.15) is 5.75 Å². The molecule has 94 valence electrons. The Morgan fingerprint density at radius 2 is 1.83 bits per heavy atom. The fourth-order valence-corrected chi connectivity index (χ4v) is 2.46. The van der Waals surface area contributed by atoms with Crippen molar-refractivity contribution in [3.05, 3.63) is 58.3 Å². The van der Waals surface area contributed by atoms with E-state index in [1.54, 1.807) is 12.4 Å². The Hall–Kier alpha value is -0.870. The van der Waals surface area contributed by atoms with Crippen LogP contribution in [0.25, 0.3) is 0 Å². The average Bonchev–Trinajstić information content (AvgIpc) is 2.42. The zero-order valence-electron chi connectivity index (χ0n) is 9.77. The molecule has 2 aromatic rings. The van der Waals surface area contributed by atoms with E-state index in [-0.39, 0.29) is 0 Å². The van der Waals surface area contributed by atoms with Crippen LogP contribution >= 0.6 is 31.9 Å². The maximum Gasteiger partial charge on any atom is 0.133 e. The molecule has 0 aliphatic carbocycles. The minimum absolute atomic E-state index is 0.663. The van der Waals surface area contributed by atoms with Crippen molar-refractivity contribution < 1.29 is 4.74 Å². The van der Waals surface area contributed by atoms with Gasteiger partial charge < -0.3 is 4.74 Å². The summed E-state index contributed by atoms with van der Waals surface area (Å²) < 4.78 is 6.75. The molecule has 1 aromatic heterocycles. The van der Waals surface area contributed by atoms with Gasteiger partial charge >= 0.3 is 0 Å². The highest BCUT2D eigenvalue weighted by Gasteiger charge is 2.02. The smallest absolute Gasteiger partial charge is 0.133 e. The van der Waals surface area contributed by atoms with Crippen LogP contribution in [0.4, 0.5) is 0 Å². The number of rotatable bonds is 5. The number of alkyl halides is 1. The van der Waals surface area contributed by atoms with Gasteiger partial charge in [-0.3, -0.25) is 4.98 Å². The second-order valence-corrected chi connectivity index (χ2v) is 5.27. The number of hydrogen-bond donors (Lipinski definition) is 0. The first-order valence-electron chi connectivity index (χ1n) is 5.65. The minimum Gasteiger partial charge on any atom is -0.492 e. The summed E-state index contributed by atoms with van der Waals surface area (Å²) >= 11 is 6.95. The van der Waals surface area contributed by atoms with Gasteiger partial charge in [0.25, 0.3) is 0 Å². The van der Waals surface area contributed by atoms with Crippen molar-refractivity contribution in [2.75, 3.05) is 6.61 Å². The van der Waals surface area contributed by atoms with E-state index in [0.717, 1.165) is 22.0 Å². The molecule has 0 amide bonds. The van der Waals surface area contributed by atoms with E-state index in [4.69, 9.17) is 4.74 Å². The molecule has 0 bridgehead atoms. The number of nitrogens with zero attached hydrogens (tertiary/aromatic N) is 1. The van der Waals surface area contributed by atoms with Crippen LogP contribution in [-0.2, 0) is 11.8 Å². The summed E-state index contributed by atoms with van der Waals surface area (Å²) in [7, 11) is 0. The lowest BCUT2D eigenvalue weighted by molar-refractivity contribution is 0.320. The van der Waals surface area contributed by atoms with Crippen LogP contribution in [0.1, 0.15) is 11.1 Å². The van der Waals surface area contributed by atoms with E-state index in [9.17, 15) is 0 Å². The molecule has 0 N–H and O–H groups in total. The van der Waals surface area contributed by atoms with Gasteiger partial charge in [-0.15, -0.1) is 0 Å². The molecule has 0 fully saturated rings. The molecule has 0 spiro atoms. The molecule has 1 heterocycles. The molecule has 0 aliphatic rings.